The fraction of sp³-hybridized carbons (Fsp3) is 0.833. The predicted molar refractivity (Wildman–Crippen MR) is 74.0 cm³/mol. The Morgan fingerprint density at radius 2 is 2.17 bits per heavy atom. The number of carbonyl (C=O) groups is 1. The minimum absolute atomic E-state index is 0.0678. The predicted octanol–water partition coefficient (Wildman–Crippen LogP) is 0.342. The second kappa shape index (κ2) is 5.93. The highest BCUT2D eigenvalue weighted by atomic mass is 32.2. The third kappa shape index (κ3) is 3.17. The maximum Gasteiger partial charge on any atom is 0.316 e. The lowest BCUT2D eigenvalue weighted by molar-refractivity contribution is -0.744. The Labute approximate surface area is 113 Å². The zero-order valence-electron chi connectivity index (χ0n) is 11.2. The van der Waals surface area contributed by atoms with Crippen LogP contribution in [0.1, 0.15) is 46.0 Å². The molecule has 0 radical (unpaired) electrons. The number of carbonyl (C=O) groups excluding carboxylic acids is 1. The molecule has 0 aromatic carbocycles. The molecule has 1 aliphatic carbocycles. The molecule has 6 heteroatoms. The number of nitrogens with one attached hydrogen (secondary N) is 2. The first-order valence-electron chi connectivity index (χ1n) is 6.79. The summed E-state index contributed by atoms with van der Waals surface area (Å²) in [7, 11) is 0. The molecule has 2 rings (SSSR count). The SMILES string of the molecule is CCS[C@@]1([NH2+]C2CCCCC2)NN=C(C)C(=O)N1. The van der Waals surface area contributed by atoms with Crippen LogP contribution < -0.4 is 16.1 Å². The Balaban J connectivity index is 2.04. The molecule has 0 bridgehead atoms. The summed E-state index contributed by atoms with van der Waals surface area (Å²) in [5, 5.41) is 8.96. The van der Waals surface area contributed by atoms with Gasteiger partial charge in [-0.2, -0.15) is 5.10 Å². The van der Waals surface area contributed by atoms with Crippen molar-refractivity contribution in [2.75, 3.05) is 5.75 Å². The minimum atomic E-state index is -0.507. The van der Waals surface area contributed by atoms with Gasteiger partial charge in [0.2, 0.25) is 0 Å². The second-order valence-electron chi connectivity index (χ2n) is 5.00. The van der Waals surface area contributed by atoms with Crippen molar-refractivity contribution in [3.8, 4) is 0 Å². The van der Waals surface area contributed by atoms with Gasteiger partial charge in [-0.1, -0.05) is 13.3 Å². The lowest BCUT2D eigenvalue weighted by Crippen LogP contribution is -3.07. The van der Waals surface area contributed by atoms with E-state index in [-0.39, 0.29) is 5.91 Å². The van der Waals surface area contributed by atoms with Crippen LogP contribution in [0.3, 0.4) is 0 Å². The summed E-state index contributed by atoms with van der Waals surface area (Å²) in [6, 6.07) is 0.583. The van der Waals surface area contributed by atoms with Gasteiger partial charge in [0.15, 0.2) is 0 Å². The number of amides is 1. The molecule has 2 aliphatic rings. The van der Waals surface area contributed by atoms with Crippen LogP contribution in [-0.2, 0) is 4.79 Å². The molecule has 0 unspecified atom stereocenters. The molecule has 0 aromatic rings. The summed E-state index contributed by atoms with van der Waals surface area (Å²) in [4.78, 5) is 11.8. The van der Waals surface area contributed by atoms with Crippen molar-refractivity contribution >= 4 is 23.4 Å². The van der Waals surface area contributed by atoms with Gasteiger partial charge in [-0.3, -0.25) is 15.4 Å². The van der Waals surface area contributed by atoms with E-state index in [1.807, 2.05) is 0 Å². The molecule has 5 nitrogen and oxygen atoms in total. The van der Waals surface area contributed by atoms with Crippen LogP contribution in [0.5, 0.6) is 0 Å². The van der Waals surface area contributed by atoms with Gasteiger partial charge in [-0.25, -0.2) is 5.43 Å². The first-order chi connectivity index (χ1) is 8.65. The van der Waals surface area contributed by atoms with Crippen molar-refractivity contribution in [3.05, 3.63) is 0 Å². The van der Waals surface area contributed by atoms with Crippen molar-refractivity contribution in [1.82, 2.24) is 10.7 Å². The van der Waals surface area contributed by atoms with E-state index < -0.39 is 5.12 Å². The lowest BCUT2D eigenvalue weighted by Gasteiger charge is -2.36. The van der Waals surface area contributed by atoms with E-state index in [2.05, 4.69) is 28.1 Å². The van der Waals surface area contributed by atoms with Gasteiger partial charge >= 0.3 is 5.12 Å². The summed E-state index contributed by atoms with van der Waals surface area (Å²) in [5.41, 5.74) is 3.62. The van der Waals surface area contributed by atoms with E-state index in [0.29, 0.717) is 11.8 Å². The van der Waals surface area contributed by atoms with E-state index in [1.165, 1.54) is 32.1 Å². The van der Waals surface area contributed by atoms with E-state index in [1.54, 1.807) is 18.7 Å². The van der Waals surface area contributed by atoms with Crippen LogP contribution >= 0.6 is 11.8 Å². The number of hydrogen-bond donors (Lipinski definition) is 3. The van der Waals surface area contributed by atoms with E-state index >= 15 is 0 Å². The van der Waals surface area contributed by atoms with E-state index in [9.17, 15) is 4.79 Å². The Morgan fingerprint density at radius 3 is 2.78 bits per heavy atom. The van der Waals surface area contributed by atoms with Gasteiger partial charge < -0.3 is 0 Å². The Kier molecular flexibility index (Phi) is 4.50. The summed E-state index contributed by atoms with van der Waals surface area (Å²) in [6.07, 6.45) is 6.39. The highest BCUT2D eigenvalue weighted by Gasteiger charge is 2.41. The van der Waals surface area contributed by atoms with Crippen molar-refractivity contribution in [2.45, 2.75) is 57.1 Å². The lowest BCUT2D eigenvalue weighted by atomic mass is 9.95. The maximum absolute atomic E-state index is 11.8. The molecule has 1 atom stereocenters. The van der Waals surface area contributed by atoms with Crippen molar-refractivity contribution in [1.29, 1.82) is 0 Å². The molecular formula is C12H23N4OS+. The third-order valence-corrected chi connectivity index (χ3v) is 4.58. The number of rotatable bonds is 4. The van der Waals surface area contributed by atoms with Gasteiger partial charge in [0.05, 0.1) is 6.04 Å². The topological polar surface area (TPSA) is 70.1 Å². The smallest absolute Gasteiger partial charge is 0.293 e. The Morgan fingerprint density at radius 1 is 1.44 bits per heavy atom. The molecule has 1 aliphatic heterocycles. The van der Waals surface area contributed by atoms with Gasteiger partial charge in [0.1, 0.15) is 5.71 Å². The summed E-state index contributed by atoms with van der Waals surface area (Å²) in [6.45, 7) is 3.82. The number of quaternary nitrogens is 1. The quantitative estimate of drug-likeness (QED) is 0.646. The molecule has 1 saturated carbocycles. The van der Waals surface area contributed by atoms with Gasteiger partial charge in [-0.15, -0.1) is 0 Å². The van der Waals surface area contributed by atoms with Gasteiger partial charge in [0, 0.05) is 5.75 Å². The normalized spacial score (nSPS) is 29.4. The van der Waals surface area contributed by atoms with Gasteiger partial charge in [-0.05, 0) is 44.4 Å². The first kappa shape index (κ1) is 13.7. The summed E-state index contributed by atoms with van der Waals surface area (Å²) in [5.74, 6) is 0.868. The van der Waals surface area contributed by atoms with E-state index in [0.717, 1.165) is 5.75 Å². The van der Waals surface area contributed by atoms with Crippen LogP contribution in [0.4, 0.5) is 0 Å². The fourth-order valence-electron chi connectivity index (χ4n) is 2.56. The van der Waals surface area contributed by atoms with Crippen LogP contribution in [0.15, 0.2) is 5.10 Å². The largest absolute Gasteiger partial charge is 0.316 e. The number of hydrazone groups is 1. The van der Waals surface area contributed by atoms with E-state index in [4.69, 9.17) is 0 Å². The van der Waals surface area contributed by atoms with Crippen molar-refractivity contribution in [2.24, 2.45) is 5.10 Å². The molecule has 1 fully saturated rings. The van der Waals surface area contributed by atoms with Crippen LogP contribution in [0, 0.1) is 0 Å². The van der Waals surface area contributed by atoms with Crippen molar-refractivity contribution < 1.29 is 10.1 Å². The number of hydrogen-bond acceptors (Lipinski definition) is 4. The summed E-state index contributed by atoms with van der Waals surface area (Å²) < 4.78 is 0. The molecule has 102 valence electrons. The third-order valence-electron chi connectivity index (χ3n) is 3.51. The monoisotopic (exact) mass is 271 g/mol. The molecule has 4 N–H and O–H groups in total. The fourth-order valence-corrected chi connectivity index (χ4v) is 3.58. The zero-order chi connectivity index (χ0) is 13.0. The highest BCUT2D eigenvalue weighted by Crippen LogP contribution is 2.19. The minimum Gasteiger partial charge on any atom is -0.293 e. The van der Waals surface area contributed by atoms with Crippen molar-refractivity contribution in [3.63, 3.8) is 0 Å². The van der Waals surface area contributed by atoms with Crippen LogP contribution in [-0.4, -0.2) is 28.5 Å². The average Bonchev–Trinajstić information content (AvgIpc) is 2.36. The molecule has 1 amide bonds. The average molecular weight is 271 g/mol. The molecular weight excluding hydrogens is 248 g/mol. The second-order valence-corrected chi connectivity index (χ2v) is 6.51. The Hall–Kier alpha value is -0.750. The number of nitrogens with zero attached hydrogens (tertiary/aromatic N) is 1. The Bertz CT molecular complexity index is 341. The molecule has 0 spiro atoms. The summed E-state index contributed by atoms with van der Waals surface area (Å²) >= 11 is 1.69. The first-order valence-corrected chi connectivity index (χ1v) is 7.78. The molecule has 1 heterocycles. The molecule has 18 heavy (non-hydrogen) atoms. The highest BCUT2D eigenvalue weighted by molar-refractivity contribution is 8.00. The zero-order valence-corrected chi connectivity index (χ0v) is 12.0. The van der Waals surface area contributed by atoms with Crippen LogP contribution in [0.2, 0.25) is 0 Å². The molecule has 0 saturated heterocycles. The van der Waals surface area contributed by atoms with Gasteiger partial charge in [0.25, 0.3) is 5.91 Å². The molecule has 0 aromatic heterocycles. The standard InChI is InChI=1S/C12H22N4OS/c1-3-18-12(13-10-7-5-4-6-8-10)14-11(17)9(2)15-16-12/h10,13,16H,3-8H2,1-2H3,(H,14,17)/p+1/t12-/m1/s1. The van der Waals surface area contributed by atoms with Crippen LogP contribution in [0.25, 0.3) is 0 Å². The maximum atomic E-state index is 11.8. The number of thioether (sulfide) groups is 1. The number of nitrogens with two attached hydrogens (primary N) is 1.